The minimum Gasteiger partial charge on any atom is -0.452 e. The zero-order chi connectivity index (χ0) is 9.07. The molecular formula is C8H14O3. The summed E-state index contributed by atoms with van der Waals surface area (Å²) >= 11 is 0. The van der Waals surface area contributed by atoms with Gasteiger partial charge < -0.3 is 4.74 Å². The Kier molecular flexibility index (Phi) is 3.23. The van der Waals surface area contributed by atoms with Gasteiger partial charge in [0.2, 0.25) is 0 Å². The van der Waals surface area contributed by atoms with Crippen molar-refractivity contribution in [2.24, 2.45) is 5.92 Å². The third-order valence-electron chi connectivity index (χ3n) is 1.74. The number of ether oxygens (including phenoxy) is 1. The van der Waals surface area contributed by atoms with Crippen LogP contribution in [0.15, 0.2) is 0 Å². The Morgan fingerprint density at radius 3 is 2.09 bits per heavy atom. The van der Waals surface area contributed by atoms with Crippen LogP contribution in [0.5, 0.6) is 0 Å². The molecule has 3 nitrogen and oxygen atoms in total. The molecule has 64 valence electrons. The molecule has 0 radical (unpaired) electrons. The lowest BCUT2D eigenvalue weighted by molar-refractivity contribution is -0.163. The SMILES string of the molecule is CC(=O)OC(C)(C=O)C(C)C. The van der Waals surface area contributed by atoms with E-state index in [0.717, 1.165) is 0 Å². The lowest BCUT2D eigenvalue weighted by Crippen LogP contribution is -2.38. The van der Waals surface area contributed by atoms with E-state index in [1.54, 1.807) is 6.92 Å². The van der Waals surface area contributed by atoms with Gasteiger partial charge in [0.25, 0.3) is 0 Å². The highest BCUT2D eigenvalue weighted by Crippen LogP contribution is 2.18. The first-order valence-electron chi connectivity index (χ1n) is 3.58. The molecule has 11 heavy (non-hydrogen) atoms. The maximum atomic E-state index is 10.5. The number of carbonyl (C=O) groups is 2. The van der Waals surface area contributed by atoms with Gasteiger partial charge in [-0.3, -0.25) is 9.59 Å². The Labute approximate surface area is 66.7 Å². The molecule has 0 rings (SSSR count). The van der Waals surface area contributed by atoms with Crippen molar-refractivity contribution in [1.82, 2.24) is 0 Å². The highest BCUT2D eigenvalue weighted by molar-refractivity contribution is 5.72. The predicted molar refractivity (Wildman–Crippen MR) is 41.1 cm³/mol. The van der Waals surface area contributed by atoms with E-state index in [2.05, 4.69) is 0 Å². The minimum atomic E-state index is -0.966. The highest BCUT2D eigenvalue weighted by atomic mass is 16.6. The second-order valence-corrected chi connectivity index (χ2v) is 3.05. The van der Waals surface area contributed by atoms with Gasteiger partial charge in [0, 0.05) is 6.92 Å². The standard InChI is InChI=1S/C8H14O3/c1-6(2)8(4,5-9)11-7(3)10/h5-6H,1-4H3. The fourth-order valence-corrected chi connectivity index (χ4v) is 0.588. The normalized spacial score (nSPS) is 15.7. The van der Waals surface area contributed by atoms with Gasteiger partial charge in [-0.15, -0.1) is 0 Å². The molecule has 0 spiro atoms. The van der Waals surface area contributed by atoms with Crippen LogP contribution in [0.25, 0.3) is 0 Å². The molecule has 0 saturated carbocycles. The summed E-state index contributed by atoms with van der Waals surface area (Å²) in [5.41, 5.74) is -0.966. The molecule has 0 heterocycles. The van der Waals surface area contributed by atoms with Crippen molar-refractivity contribution in [2.45, 2.75) is 33.3 Å². The second kappa shape index (κ2) is 3.51. The zero-order valence-electron chi connectivity index (χ0n) is 7.38. The molecule has 0 fully saturated rings. The van der Waals surface area contributed by atoms with Crippen molar-refractivity contribution >= 4 is 12.3 Å². The fourth-order valence-electron chi connectivity index (χ4n) is 0.588. The van der Waals surface area contributed by atoms with Crippen molar-refractivity contribution in [3.8, 4) is 0 Å². The first-order chi connectivity index (χ1) is 4.92. The molecule has 0 aromatic heterocycles. The average molecular weight is 158 g/mol. The molecule has 0 amide bonds. The molecular weight excluding hydrogens is 144 g/mol. The van der Waals surface area contributed by atoms with Crippen molar-refractivity contribution in [2.75, 3.05) is 0 Å². The summed E-state index contributed by atoms with van der Waals surface area (Å²) in [5, 5.41) is 0. The molecule has 0 aliphatic rings. The van der Waals surface area contributed by atoms with Gasteiger partial charge in [-0.25, -0.2) is 0 Å². The molecule has 1 atom stereocenters. The van der Waals surface area contributed by atoms with Crippen molar-refractivity contribution in [1.29, 1.82) is 0 Å². The Morgan fingerprint density at radius 2 is 2.00 bits per heavy atom. The molecule has 0 aliphatic carbocycles. The summed E-state index contributed by atoms with van der Waals surface area (Å²) in [5.74, 6) is -0.419. The molecule has 3 heteroatoms. The third-order valence-corrected chi connectivity index (χ3v) is 1.74. The number of rotatable bonds is 3. The number of esters is 1. The van der Waals surface area contributed by atoms with E-state index in [1.165, 1.54) is 6.92 Å². The summed E-state index contributed by atoms with van der Waals surface area (Å²) < 4.78 is 4.84. The molecule has 0 aromatic carbocycles. The Bertz CT molecular complexity index is 163. The maximum Gasteiger partial charge on any atom is 0.303 e. The number of carbonyl (C=O) groups excluding carboxylic acids is 2. The Morgan fingerprint density at radius 1 is 1.55 bits per heavy atom. The molecule has 0 aliphatic heterocycles. The van der Waals surface area contributed by atoms with Gasteiger partial charge in [-0.2, -0.15) is 0 Å². The molecule has 0 saturated heterocycles. The van der Waals surface area contributed by atoms with E-state index in [1.807, 2.05) is 13.8 Å². The van der Waals surface area contributed by atoms with Crippen LogP contribution in [0, 0.1) is 5.92 Å². The second-order valence-electron chi connectivity index (χ2n) is 3.05. The van der Waals surface area contributed by atoms with E-state index in [9.17, 15) is 9.59 Å². The predicted octanol–water partition coefficient (Wildman–Crippen LogP) is 1.16. The van der Waals surface area contributed by atoms with Crippen molar-refractivity contribution < 1.29 is 14.3 Å². The largest absolute Gasteiger partial charge is 0.452 e. The molecule has 0 N–H and O–H groups in total. The van der Waals surface area contributed by atoms with Crippen LogP contribution in [0.1, 0.15) is 27.7 Å². The van der Waals surface area contributed by atoms with Crippen molar-refractivity contribution in [3.05, 3.63) is 0 Å². The van der Waals surface area contributed by atoms with Gasteiger partial charge in [-0.1, -0.05) is 13.8 Å². The van der Waals surface area contributed by atoms with Crippen LogP contribution in [0.2, 0.25) is 0 Å². The summed E-state index contributed by atoms with van der Waals surface area (Å²) in [6.45, 7) is 6.56. The zero-order valence-corrected chi connectivity index (χ0v) is 7.38. The van der Waals surface area contributed by atoms with Crippen LogP contribution in [0.3, 0.4) is 0 Å². The van der Waals surface area contributed by atoms with E-state index < -0.39 is 11.6 Å². The van der Waals surface area contributed by atoms with Crippen LogP contribution < -0.4 is 0 Å². The van der Waals surface area contributed by atoms with Crippen LogP contribution in [-0.2, 0) is 14.3 Å². The monoisotopic (exact) mass is 158 g/mol. The lowest BCUT2D eigenvalue weighted by atomic mass is 9.94. The van der Waals surface area contributed by atoms with Gasteiger partial charge in [0.15, 0.2) is 11.9 Å². The van der Waals surface area contributed by atoms with E-state index in [4.69, 9.17) is 4.74 Å². The van der Waals surface area contributed by atoms with E-state index in [0.29, 0.717) is 6.29 Å². The average Bonchev–Trinajstić information content (AvgIpc) is 1.86. The van der Waals surface area contributed by atoms with E-state index in [-0.39, 0.29) is 5.92 Å². The van der Waals surface area contributed by atoms with Crippen LogP contribution >= 0.6 is 0 Å². The third kappa shape index (κ3) is 2.70. The highest BCUT2D eigenvalue weighted by Gasteiger charge is 2.30. The summed E-state index contributed by atoms with van der Waals surface area (Å²) in [6, 6.07) is 0. The number of hydrogen-bond donors (Lipinski definition) is 0. The van der Waals surface area contributed by atoms with Gasteiger partial charge >= 0.3 is 5.97 Å². The Balaban J connectivity index is 4.34. The lowest BCUT2D eigenvalue weighted by Gasteiger charge is -2.26. The van der Waals surface area contributed by atoms with Gasteiger partial charge in [0.05, 0.1) is 0 Å². The fraction of sp³-hybridized carbons (Fsp3) is 0.750. The van der Waals surface area contributed by atoms with Crippen LogP contribution in [-0.4, -0.2) is 17.9 Å². The molecule has 0 bridgehead atoms. The molecule has 1 unspecified atom stereocenters. The van der Waals surface area contributed by atoms with Gasteiger partial charge in [-0.05, 0) is 12.8 Å². The Hall–Kier alpha value is -0.860. The smallest absolute Gasteiger partial charge is 0.303 e. The summed E-state index contributed by atoms with van der Waals surface area (Å²) in [4.78, 5) is 21.1. The summed E-state index contributed by atoms with van der Waals surface area (Å²) in [6.07, 6.45) is 0.666. The quantitative estimate of drug-likeness (QED) is 0.457. The number of hydrogen-bond acceptors (Lipinski definition) is 3. The number of aldehydes is 1. The maximum absolute atomic E-state index is 10.5. The first kappa shape index (κ1) is 10.1. The summed E-state index contributed by atoms with van der Waals surface area (Å²) in [7, 11) is 0. The minimum absolute atomic E-state index is 0.00361. The topological polar surface area (TPSA) is 43.4 Å². The first-order valence-corrected chi connectivity index (χ1v) is 3.58. The van der Waals surface area contributed by atoms with Crippen molar-refractivity contribution in [3.63, 3.8) is 0 Å². The van der Waals surface area contributed by atoms with Crippen LogP contribution in [0.4, 0.5) is 0 Å². The molecule has 0 aromatic rings. The van der Waals surface area contributed by atoms with Gasteiger partial charge in [0.1, 0.15) is 0 Å². The van der Waals surface area contributed by atoms with E-state index >= 15 is 0 Å².